The molecule has 1 heterocycles. The zero-order valence-electron chi connectivity index (χ0n) is 23.7. The first-order chi connectivity index (χ1) is 19.5. The molecule has 0 saturated carbocycles. The summed E-state index contributed by atoms with van der Waals surface area (Å²) in [5.41, 5.74) is 0.444. The smallest absolute Gasteiger partial charge is 0.326 e. The fourth-order valence-electron chi connectivity index (χ4n) is 3.49. The van der Waals surface area contributed by atoms with Crippen LogP contribution < -0.4 is 10.6 Å². The number of allylic oxidation sites excluding steroid dienone is 12. The van der Waals surface area contributed by atoms with Crippen LogP contribution in [0.15, 0.2) is 97.4 Å². The van der Waals surface area contributed by atoms with Gasteiger partial charge in [0.15, 0.2) is 0 Å². The Morgan fingerprint density at radius 1 is 0.850 bits per heavy atom. The van der Waals surface area contributed by atoms with Crippen molar-refractivity contribution >= 4 is 17.8 Å². The molecule has 0 aromatic carbocycles. The highest BCUT2D eigenvalue weighted by Crippen LogP contribution is 2.02. The Bertz CT molecular complexity index is 1020. The lowest BCUT2D eigenvalue weighted by atomic mass is 10.1. The third-order valence-electron chi connectivity index (χ3n) is 5.65. The number of carboxylic acids is 1. The number of rotatable bonds is 21. The summed E-state index contributed by atoms with van der Waals surface area (Å²) in [4.78, 5) is 39.5. The van der Waals surface area contributed by atoms with Crippen LogP contribution in [0.4, 0.5) is 0 Å². The van der Waals surface area contributed by atoms with Gasteiger partial charge in [-0.15, -0.1) is 0 Å². The van der Waals surface area contributed by atoms with Crippen LogP contribution in [0.2, 0.25) is 0 Å². The monoisotopic (exact) mass is 547 g/mol. The molecule has 0 aliphatic rings. The van der Waals surface area contributed by atoms with Gasteiger partial charge in [-0.1, -0.05) is 79.8 Å². The first kappa shape index (κ1) is 34.0. The van der Waals surface area contributed by atoms with Gasteiger partial charge in [0.1, 0.15) is 6.04 Å². The highest BCUT2D eigenvalue weighted by molar-refractivity contribution is 5.93. The number of carbonyl (C=O) groups excluding carboxylic acids is 2. The van der Waals surface area contributed by atoms with Crippen LogP contribution in [0.3, 0.4) is 0 Å². The predicted molar refractivity (Wildman–Crippen MR) is 163 cm³/mol. The summed E-state index contributed by atoms with van der Waals surface area (Å²) in [6, 6.07) is 2.35. The Balaban J connectivity index is 2.11. The standard InChI is InChI=1S/C33H45N3O4/c1-2-3-4-5-6-7-8-9-10-11-12-13-14-15-16-17-18-19-20-25-31(37)36-30(33(39)40)24-22-27-35-32(38)29-23-21-26-34-28-29/h3-4,6-7,9-10,12-13,15-16,18-19,21,23,26,28,30H,2,5,8,11,14,17,20,22,24-25,27H2,1H3,(H,35,38)(H,36,37)(H,39,40)/b4-3-,7-6-,10-9-,13-12-,16-15-,19-18-. The van der Waals surface area contributed by atoms with E-state index < -0.39 is 12.0 Å². The van der Waals surface area contributed by atoms with Gasteiger partial charge in [0, 0.05) is 25.4 Å². The van der Waals surface area contributed by atoms with Crippen molar-refractivity contribution in [2.24, 2.45) is 0 Å². The Morgan fingerprint density at radius 2 is 1.40 bits per heavy atom. The molecular weight excluding hydrogens is 502 g/mol. The number of aromatic nitrogens is 1. The second-order valence-electron chi connectivity index (χ2n) is 9.05. The summed E-state index contributed by atoms with van der Waals surface area (Å²) >= 11 is 0. The number of nitrogens with zero attached hydrogens (tertiary/aromatic N) is 1. The van der Waals surface area contributed by atoms with E-state index in [0.717, 1.165) is 38.5 Å². The molecule has 0 bridgehead atoms. The van der Waals surface area contributed by atoms with E-state index in [9.17, 15) is 19.5 Å². The molecule has 7 heteroatoms. The maximum atomic E-state index is 12.1. The van der Waals surface area contributed by atoms with Crippen molar-refractivity contribution < 1.29 is 19.5 Å². The molecule has 0 aliphatic heterocycles. The zero-order chi connectivity index (χ0) is 29.1. The number of amides is 2. The largest absolute Gasteiger partial charge is 0.480 e. The molecule has 1 unspecified atom stereocenters. The number of nitrogens with one attached hydrogen (secondary N) is 2. The predicted octanol–water partition coefficient (Wildman–Crippen LogP) is 6.64. The minimum Gasteiger partial charge on any atom is -0.480 e. The van der Waals surface area contributed by atoms with Gasteiger partial charge in [-0.05, 0) is 69.9 Å². The Labute approximate surface area is 239 Å². The summed E-state index contributed by atoms with van der Waals surface area (Å²) in [6.07, 6.45) is 35.7. The van der Waals surface area contributed by atoms with Gasteiger partial charge in [-0.2, -0.15) is 0 Å². The second kappa shape index (κ2) is 24.1. The number of hydrogen-bond donors (Lipinski definition) is 3. The lowest BCUT2D eigenvalue weighted by Crippen LogP contribution is -2.41. The highest BCUT2D eigenvalue weighted by atomic mass is 16.4. The molecule has 1 aromatic rings. The molecule has 1 aromatic heterocycles. The lowest BCUT2D eigenvalue weighted by molar-refractivity contribution is -0.142. The van der Waals surface area contributed by atoms with Crippen molar-refractivity contribution in [2.45, 2.75) is 77.2 Å². The molecule has 3 N–H and O–H groups in total. The van der Waals surface area contributed by atoms with E-state index in [0.29, 0.717) is 24.9 Å². The van der Waals surface area contributed by atoms with Crippen LogP contribution in [0, 0.1) is 0 Å². The molecule has 0 saturated heterocycles. The van der Waals surface area contributed by atoms with Gasteiger partial charge < -0.3 is 15.7 Å². The molecule has 1 rings (SSSR count). The molecule has 0 fully saturated rings. The molecule has 0 radical (unpaired) electrons. The summed E-state index contributed by atoms with van der Waals surface area (Å²) in [5.74, 6) is -1.65. The van der Waals surface area contributed by atoms with Crippen molar-refractivity contribution in [1.29, 1.82) is 0 Å². The molecule has 0 aliphatic carbocycles. The molecule has 7 nitrogen and oxygen atoms in total. The third kappa shape index (κ3) is 19.1. The number of aliphatic carboxylic acids is 1. The van der Waals surface area contributed by atoms with Gasteiger partial charge >= 0.3 is 5.97 Å². The van der Waals surface area contributed by atoms with Crippen LogP contribution in [0.5, 0.6) is 0 Å². The number of carboxylic acid groups (broad SMARTS) is 1. The molecule has 1 atom stereocenters. The van der Waals surface area contributed by atoms with Crippen LogP contribution in [-0.2, 0) is 9.59 Å². The average Bonchev–Trinajstić information content (AvgIpc) is 2.96. The first-order valence-corrected chi connectivity index (χ1v) is 14.1. The second-order valence-corrected chi connectivity index (χ2v) is 9.05. The van der Waals surface area contributed by atoms with E-state index in [4.69, 9.17) is 0 Å². The molecule has 0 spiro atoms. The minimum atomic E-state index is -1.08. The van der Waals surface area contributed by atoms with E-state index >= 15 is 0 Å². The van der Waals surface area contributed by atoms with E-state index in [2.05, 4.69) is 83.3 Å². The maximum absolute atomic E-state index is 12.1. The van der Waals surface area contributed by atoms with Crippen molar-refractivity contribution in [2.75, 3.05) is 6.54 Å². The van der Waals surface area contributed by atoms with Gasteiger partial charge in [-0.3, -0.25) is 14.6 Å². The van der Waals surface area contributed by atoms with Gasteiger partial charge in [0.2, 0.25) is 5.91 Å². The topological polar surface area (TPSA) is 108 Å². The number of hydrogen-bond acceptors (Lipinski definition) is 4. The molecule has 216 valence electrons. The average molecular weight is 548 g/mol. The summed E-state index contributed by atoms with van der Waals surface area (Å²) in [5, 5.41) is 14.7. The Morgan fingerprint density at radius 3 is 1.90 bits per heavy atom. The van der Waals surface area contributed by atoms with Crippen LogP contribution in [0.25, 0.3) is 0 Å². The van der Waals surface area contributed by atoms with Gasteiger partial charge in [-0.25, -0.2) is 4.79 Å². The fourth-order valence-corrected chi connectivity index (χ4v) is 3.49. The van der Waals surface area contributed by atoms with E-state index in [1.54, 1.807) is 18.3 Å². The summed E-state index contributed by atoms with van der Waals surface area (Å²) in [7, 11) is 0. The lowest BCUT2D eigenvalue weighted by Gasteiger charge is -2.14. The quantitative estimate of drug-likeness (QED) is 0.118. The molecule has 40 heavy (non-hydrogen) atoms. The Hall–Kier alpha value is -4.00. The van der Waals surface area contributed by atoms with Crippen molar-refractivity contribution in [1.82, 2.24) is 15.6 Å². The van der Waals surface area contributed by atoms with Crippen molar-refractivity contribution in [3.63, 3.8) is 0 Å². The fraction of sp³-hybridized carbons (Fsp3) is 0.394. The summed E-state index contributed by atoms with van der Waals surface area (Å²) < 4.78 is 0. The minimum absolute atomic E-state index is 0.226. The molecular formula is C33H45N3O4. The first-order valence-electron chi connectivity index (χ1n) is 14.1. The number of pyridine rings is 1. The third-order valence-corrected chi connectivity index (χ3v) is 5.65. The maximum Gasteiger partial charge on any atom is 0.326 e. The Kier molecular flexibility index (Phi) is 20.5. The van der Waals surface area contributed by atoms with Crippen LogP contribution in [0.1, 0.15) is 81.5 Å². The van der Waals surface area contributed by atoms with E-state index in [1.165, 1.54) is 6.20 Å². The SMILES string of the molecule is CC/C=C\C/C=C\C/C=C\C/C=C\C/C=C\C/C=C\CCC(=O)NC(CCCNC(=O)c1cccnc1)C(=O)O. The highest BCUT2D eigenvalue weighted by Gasteiger charge is 2.19. The van der Waals surface area contributed by atoms with Crippen molar-refractivity contribution in [3.8, 4) is 0 Å². The number of carbonyl (C=O) groups is 3. The molecule has 2 amide bonds. The van der Waals surface area contributed by atoms with Gasteiger partial charge in [0.25, 0.3) is 5.91 Å². The van der Waals surface area contributed by atoms with Crippen LogP contribution >= 0.6 is 0 Å². The van der Waals surface area contributed by atoms with E-state index in [-0.39, 0.29) is 24.7 Å². The van der Waals surface area contributed by atoms with Crippen LogP contribution in [-0.4, -0.2) is 40.5 Å². The zero-order valence-corrected chi connectivity index (χ0v) is 23.7. The normalized spacial score (nSPS) is 12.9. The summed E-state index contributed by atoms with van der Waals surface area (Å²) in [6.45, 7) is 2.45. The van der Waals surface area contributed by atoms with Crippen molar-refractivity contribution in [3.05, 3.63) is 103 Å². The van der Waals surface area contributed by atoms with Gasteiger partial charge in [0.05, 0.1) is 5.56 Å². The van der Waals surface area contributed by atoms with E-state index in [1.807, 2.05) is 12.2 Å².